The summed E-state index contributed by atoms with van der Waals surface area (Å²) in [5, 5.41) is 0. The minimum atomic E-state index is -0.910. The number of ether oxygens (including phenoxy) is 2. The molecule has 0 aliphatic heterocycles. The van der Waals surface area contributed by atoms with Crippen molar-refractivity contribution >= 4 is 34.1 Å². The number of benzene rings is 2. The third-order valence-electron chi connectivity index (χ3n) is 2.40. The Morgan fingerprint density at radius 2 is 1.17 bits per heavy atom. The molecule has 0 radical (unpaired) electrons. The second-order valence-corrected chi connectivity index (χ2v) is 5.06. The monoisotopic (exact) mass is 354 g/mol. The van der Waals surface area contributed by atoms with Gasteiger partial charge in [-0.25, -0.2) is 9.59 Å². The van der Waals surface area contributed by atoms with E-state index in [1.165, 1.54) is 6.42 Å². The topological polar surface area (TPSA) is 52.6 Å². The maximum Gasteiger partial charge on any atom is 0.409 e. The molecule has 0 spiro atoms. The lowest BCUT2D eigenvalue weighted by Crippen LogP contribution is -1.97. The predicted molar refractivity (Wildman–Crippen MR) is 91.6 cm³/mol. The van der Waals surface area contributed by atoms with E-state index >= 15 is 0 Å². The fourth-order valence-corrected chi connectivity index (χ4v) is 1.84. The molecule has 0 aliphatic carbocycles. The first-order valence-electron chi connectivity index (χ1n) is 6.91. The number of rotatable bonds is 3. The van der Waals surface area contributed by atoms with Crippen LogP contribution in [0.5, 0.6) is 11.5 Å². The first-order chi connectivity index (χ1) is 11.0. The third-order valence-corrected chi connectivity index (χ3v) is 2.55. The highest BCUT2D eigenvalue weighted by Gasteiger charge is 2.05. The highest BCUT2D eigenvalue weighted by molar-refractivity contribution is 6.61. The summed E-state index contributed by atoms with van der Waals surface area (Å²) >= 11 is 10.3. The Morgan fingerprint density at radius 3 is 1.48 bits per heavy atom. The fraction of sp³-hybridized carbons (Fsp3) is 0.176. The van der Waals surface area contributed by atoms with Gasteiger partial charge >= 0.3 is 10.9 Å². The predicted octanol–water partition coefficient (Wildman–Crippen LogP) is 6.25. The van der Waals surface area contributed by atoms with Crippen molar-refractivity contribution in [2.75, 3.05) is 0 Å². The van der Waals surface area contributed by atoms with Crippen LogP contribution in [0.4, 0.5) is 9.59 Å². The molecule has 122 valence electrons. The molecule has 2 aromatic carbocycles. The van der Waals surface area contributed by atoms with Crippen molar-refractivity contribution in [3.8, 4) is 22.6 Å². The van der Waals surface area contributed by atoms with E-state index in [1.807, 2.05) is 12.1 Å². The standard InChI is InChI=1S/C14H8Cl2O4.C3H8/c15-13(17)19-11-5-1-3-9(7-11)10-4-2-6-12(8-10)20-14(16)18;1-3-2/h1-8H;3H2,1-2H3. The summed E-state index contributed by atoms with van der Waals surface area (Å²) in [5.74, 6) is 0.643. The second kappa shape index (κ2) is 9.87. The smallest absolute Gasteiger partial charge is 0.409 e. The van der Waals surface area contributed by atoms with Crippen molar-refractivity contribution in [3.05, 3.63) is 48.5 Å². The summed E-state index contributed by atoms with van der Waals surface area (Å²) in [7, 11) is 0. The normalized spacial score (nSPS) is 9.39. The van der Waals surface area contributed by atoms with Crippen molar-refractivity contribution in [2.45, 2.75) is 20.3 Å². The van der Waals surface area contributed by atoms with Gasteiger partial charge in [0.2, 0.25) is 0 Å². The summed E-state index contributed by atoms with van der Waals surface area (Å²) in [6.45, 7) is 4.25. The van der Waals surface area contributed by atoms with E-state index < -0.39 is 10.9 Å². The molecule has 0 saturated heterocycles. The molecule has 0 heterocycles. The van der Waals surface area contributed by atoms with Gasteiger partial charge in [-0.05, 0) is 35.4 Å². The van der Waals surface area contributed by atoms with E-state index in [0.717, 1.165) is 11.1 Å². The molecule has 0 amide bonds. The van der Waals surface area contributed by atoms with Gasteiger partial charge in [0, 0.05) is 23.2 Å². The molecule has 0 unspecified atom stereocenters. The molecule has 0 saturated carbocycles. The second-order valence-electron chi connectivity index (χ2n) is 4.44. The summed E-state index contributed by atoms with van der Waals surface area (Å²) in [6, 6.07) is 13.5. The van der Waals surface area contributed by atoms with Crippen LogP contribution in [0.15, 0.2) is 48.5 Å². The van der Waals surface area contributed by atoms with E-state index in [2.05, 4.69) is 13.8 Å². The molecule has 0 N–H and O–H groups in total. The van der Waals surface area contributed by atoms with Crippen molar-refractivity contribution in [1.82, 2.24) is 0 Å². The largest absolute Gasteiger partial charge is 0.414 e. The Kier molecular flexibility index (Phi) is 8.16. The lowest BCUT2D eigenvalue weighted by molar-refractivity contribution is 0.224. The SMILES string of the molecule is CCC.O=C(Cl)Oc1cccc(-c2cccc(OC(=O)Cl)c2)c1. The zero-order valence-corrected chi connectivity index (χ0v) is 14.2. The molecular weight excluding hydrogens is 339 g/mol. The number of hydrogen-bond donors (Lipinski definition) is 0. The van der Waals surface area contributed by atoms with Crippen LogP contribution in [-0.2, 0) is 0 Å². The van der Waals surface area contributed by atoms with Crippen LogP contribution in [0.3, 0.4) is 0 Å². The molecule has 0 fully saturated rings. The molecule has 2 aromatic rings. The highest BCUT2D eigenvalue weighted by Crippen LogP contribution is 2.27. The van der Waals surface area contributed by atoms with E-state index in [0.29, 0.717) is 11.5 Å². The van der Waals surface area contributed by atoms with E-state index in [1.54, 1.807) is 36.4 Å². The first-order valence-corrected chi connectivity index (χ1v) is 7.67. The third kappa shape index (κ3) is 7.17. The first kappa shape index (κ1) is 19.0. The zero-order valence-electron chi connectivity index (χ0n) is 12.7. The van der Waals surface area contributed by atoms with Gasteiger partial charge in [0.15, 0.2) is 0 Å². The van der Waals surface area contributed by atoms with Crippen LogP contribution < -0.4 is 9.47 Å². The van der Waals surface area contributed by atoms with Gasteiger partial charge in [-0.3, -0.25) is 0 Å². The average molecular weight is 355 g/mol. The van der Waals surface area contributed by atoms with Gasteiger partial charge in [0.25, 0.3) is 0 Å². The van der Waals surface area contributed by atoms with E-state index in [-0.39, 0.29) is 0 Å². The van der Waals surface area contributed by atoms with Crippen molar-refractivity contribution < 1.29 is 19.1 Å². The molecular formula is C17H16Cl2O4. The summed E-state index contributed by atoms with van der Waals surface area (Å²) in [6.07, 6.45) is 1.25. The number of carbonyl (C=O) groups excluding carboxylic acids is 2. The van der Waals surface area contributed by atoms with Crippen molar-refractivity contribution in [2.24, 2.45) is 0 Å². The number of halogens is 2. The van der Waals surface area contributed by atoms with Crippen LogP contribution in [0.1, 0.15) is 20.3 Å². The highest BCUT2D eigenvalue weighted by atomic mass is 35.5. The molecule has 23 heavy (non-hydrogen) atoms. The molecule has 0 aliphatic rings. The Bertz CT molecular complexity index is 614. The van der Waals surface area contributed by atoms with Crippen molar-refractivity contribution in [3.63, 3.8) is 0 Å². The van der Waals surface area contributed by atoms with Crippen LogP contribution >= 0.6 is 23.2 Å². The average Bonchev–Trinajstić information content (AvgIpc) is 2.47. The van der Waals surface area contributed by atoms with Crippen molar-refractivity contribution in [1.29, 1.82) is 0 Å². The lowest BCUT2D eigenvalue weighted by Gasteiger charge is -2.06. The quantitative estimate of drug-likeness (QED) is 0.611. The number of carbonyl (C=O) groups is 2. The number of hydrogen-bond acceptors (Lipinski definition) is 4. The van der Waals surface area contributed by atoms with Gasteiger partial charge in [-0.1, -0.05) is 44.5 Å². The van der Waals surface area contributed by atoms with Gasteiger partial charge in [0.05, 0.1) is 0 Å². The van der Waals surface area contributed by atoms with Crippen LogP contribution in [-0.4, -0.2) is 10.9 Å². The minimum Gasteiger partial charge on any atom is -0.414 e. The molecule has 6 heteroatoms. The van der Waals surface area contributed by atoms with Gasteiger partial charge in [-0.2, -0.15) is 0 Å². The van der Waals surface area contributed by atoms with E-state index in [4.69, 9.17) is 32.7 Å². The fourth-order valence-electron chi connectivity index (χ4n) is 1.66. The zero-order chi connectivity index (χ0) is 17.2. The van der Waals surface area contributed by atoms with Gasteiger partial charge < -0.3 is 9.47 Å². The maximum atomic E-state index is 10.7. The molecule has 2 rings (SSSR count). The van der Waals surface area contributed by atoms with Gasteiger partial charge in [0.1, 0.15) is 11.5 Å². The van der Waals surface area contributed by atoms with Crippen LogP contribution in [0, 0.1) is 0 Å². The van der Waals surface area contributed by atoms with Gasteiger partial charge in [-0.15, -0.1) is 0 Å². The maximum absolute atomic E-state index is 10.7. The van der Waals surface area contributed by atoms with Crippen LogP contribution in [0.2, 0.25) is 0 Å². The van der Waals surface area contributed by atoms with E-state index in [9.17, 15) is 9.59 Å². The minimum absolute atomic E-state index is 0.322. The molecule has 0 bridgehead atoms. The molecule has 4 nitrogen and oxygen atoms in total. The summed E-state index contributed by atoms with van der Waals surface area (Å²) in [4.78, 5) is 21.4. The van der Waals surface area contributed by atoms with Crippen LogP contribution in [0.25, 0.3) is 11.1 Å². The Balaban J connectivity index is 0.000000816. The molecule has 0 atom stereocenters. The lowest BCUT2D eigenvalue weighted by atomic mass is 10.1. The Labute approximate surface area is 144 Å². The Hall–Kier alpha value is -2.04. The summed E-state index contributed by atoms with van der Waals surface area (Å²) in [5.41, 5.74) is -0.278. The summed E-state index contributed by atoms with van der Waals surface area (Å²) < 4.78 is 9.58. The Morgan fingerprint density at radius 1 is 0.826 bits per heavy atom. The molecule has 0 aromatic heterocycles.